The van der Waals surface area contributed by atoms with Gasteiger partial charge in [0.25, 0.3) is 0 Å². The number of hydrogen-bond acceptors (Lipinski definition) is 21. The van der Waals surface area contributed by atoms with Gasteiger partial charge in [0.15, 0.2) is 25.2 Å². The van der Waals surface area contributed by atoms with Crippen molar-refractivity contribution in [3.05, 3.63) is 12.2 Å². The SMILES string of the molecule is COC(C)(C)/C=C/C[C@@](O)(CO[C@@H]1OC[C@@H](O)[C@H](O)[C@H]1O)[C@H]1CC[C@]2(C)[C@@H]1CC[C@@H]1[C@@]3(C)CC[C@H](O[C@@H]4O[C@H](CO)[C@@H](O)[C@H](O[C@@H]5OC[C@@H](O)[C@H](O)[C@H]5O)[C@H]4O[C@@H]4O[C@@H](C)[C@H](O)[C@@H](O)[C@H]4O)C(C)(C)[C@@H]3CC[C@]12C. The van der Waals surface area contributed by atoms with Gasteiger partial charge in [0.1, 0.15) is 79.4 Å². The molecule has 8 aliphatic rings. The van der Waals surface area contributed by atoms with E-state index < -0.39 is 147 Å². The van der Waals surface area contributed by atoms with Crippen LogP contribution in [0.3, 0.4) is 0 Å². The molecule has 4 saturated heterocycles. The molecular weight excluding hydrogens is 973 g/mol. The predicted octanol–water partition coefficient (Wildman–Crippen LogP) is -0.270. The third kappa shape index (κ3) is 10.5. The van der Waals surface area contributed by atoms with Crippen LogP contribution in [0.15, 0.2) is 12.2 Å². The monoisotopic (exact) mass is 1060 g/mol. The number of aliphatic hydroxyl groups excluding tert-OH is 11. The maximum Gasteiger partial charge on any atom is 0.187 e. The van der Waals surface area contributed by atoms with Crippen molar-refractivity contribution in [1.82, 2.24) is 0 Å². The van der Waals surface area contributed by atoms with E-state index in [1.54, 1.807) is 7.11 Å². The van der Waals surface area contributed by atoms with Gasteiger partial charge in [0.05, 0.1) is 49.8 Å². The molecule has 8 fully saturated rings. The molecule has 4 saturated carbocycles. The number of ether oxygens (including phenoxy) is 9. The Bertz CT molecular complexity index is 1910. The smallest absolute Gasteiger partial charge is 0.187 e. The van der Waals surface area contributed by atoms with Crippen molar-refractivity contribution in [2.75, 3.05) is 33.5 Å². The molecule has 4 aliphatic heterocycles. The minimum atomic E-state index is -1.78. The van der Waals surface area contributed by atoms with Crippen LogP contribution in [0.2, 0.25) is 0 Å². The molecule has 12 N–H and O–H groups in total. The highest BCUT2D eigenvalue weighted by molar-refractivity contribution is 5.19. The average Bonchev–Trinajstić information content (AvgIpc) is 3.72. The summed E-state index contributed by atoms with van der Waals surface area (Å²) in [7, 11) is 1.63. The van der Waals surface area contributed by atoms with Crippen LogP contribution in [0.5, 0.6) is 0 Å². The fourth-order valence-corrected chi connectivity index (χ4v) is 15.6. The first-order valence-corrected chi connectivity index (χ1v) is 27.1. The van der Waals surface area contributed by atoms with Gasteiger partial charge in [-0.15, -0.1) is 0 Å². The van der Waals surface area contributed by atoms with Gasteiger partial charge in [0, 0.05) is 7.11 Å². The van der Waals surface area contributed by atoms with E-state index in [9.17, 15) is 61.3 Å². The molecule has 0 amide bonds. The first-order chi connectivity index (χ1) is 34.6. The molecule has 0 radical (unpaired) electrons. The van der Waals surface area contributed by atoms with Crippen molar-refractivity contribution in [3.63, 3.8) is 0 Å². The maximum atomic E-state index is 12.9. The standard InChI is InChI=1S/C53H90O21/c1-25-34(57)38(61)41(64)46(70-25)74-43-42(73-45-40(63)36(59)29(56)23-68-45)37(60)30(21-54)71-47(43)72-33-15-18-50(6)31(49(33,4)5)14-20-52(8)32(50)12-11-26-27(13-19-51(26,52)7)53(65,17-10-16-48(2,3)66-9)24-69-44-39(62)35(58)28(55)22-67-44/h10,16,25-47,54-65H,11-15,17-24H2,1-9H3/b16-10+/t25-,26+,27-,28+,29+,30+,31-,32+,33-,34-,35-,36-,37+,38+,39+,40+,41+,42-,43+,44-,45-,46-,47-,50-,51+,52+,53+/m0/s1. The molecule has 74 heavy (non-hydrogen) atoms. The van der Waals surface area contributed by atoms with Crippen molar-refractivity contribution >= 4 is 0 Å². The summed E-state index contributed by atoms with van der Waals surface area (Å²) in [5.41, 5.74) is -2.96. The summed E-state index contributed by atoms with van der Waals surface area (Å²) in [4.78, 5) is 0. The molecule has 4 aliphatic carbocycles. The van der Waals surface area contributed by atoms with Gasteiger partial charge < -0.3 is 104 Å². The zero-order valence-electron chi connectivity index (χ0n) is 44.7. The quantitative estimate of drug-likeness (QED) is 0.0742. The summed E-state index contributed by atoms with van der Waals surface area (Å²) < 4.78 is 54.7. The first kappa shape index (κ1) is 59.0. The molecule has 0 unspecified atom stereocenters. The third-order valence-corrected chi connectivity index (χ3v) is 20.4. The number of hydrogen-bond donors (Lipinski definition) is 12. The second-order valence-electron chi connectivity index (χ2n) is 25.2. The Morgan fingerprint density at radius 3 is 1.86 bits per heavy atom. The van der Waals surface area contributed by atoms with Crippen molar-refractivity contribution in [2.45, 2.75) is 241 Å². The summed E-state index contributed by atoms with van der Waals surface area (Å²) >= 11 is 0. The summed E-state index contributed by atoms with van der Waals surface area (Å²) in [5.74, 6) is 0.367. The molecule has 8 rings (SSSR count). The second-order valence-corrected chi connectivity index (χ2v) is 25.2. The Hall–Kier alpha value is -1.10. The first-order valence-electron chi connectivity index (χ1n) is 27.1. The lowest BCUT2D eigenvalue weighted by molar-refractivity contribution is -0.395. The van der Waals surface area contributed by atoms with Crippen LogP contribution >= 0.6 is 0 Å². The van der Waals surface area contributed by atoms with Crippen LogP contribution < -0.4 is 0 Å². The molecule has 0 spiro atoms. The minimum absolute atomic E-state index is 0.122. The van der Waals surface area contributed by atoms with E-state index in [0.29, 0.717) is 6.42 Å². The van der Waals surface area contributed by atoms with Gasteiger partial charge in [-0.2, -0.15) is 0 Å². The lowest BCUT2D eigenvalue weighted by atomic mass is 9.35. The van der Waals surface area contributed by atoms with Gasteiger partial charge in [0.2, 0.25) is 0 Å². The Morgan fingerprint density at radius 2 is 1.22 bits per heavy atom. The van der Waals surface area contributed by atoms with Gasteiger partial charge in [-0.3, -0.25) is 0 Å². The normalized spacial score (nSPS) is 51.7. The summed E-state index contributed by atoms with van der Waals surface area (Å²) in [6.07, 6.45) is -16.7. The average molecular weight is 1060 g/mol. The third-order valence-electron chi connectivity index (χ3n) is 20.4. The lowest BCUT2D eigenvalue weighted by Crippen LogP contribution is -2.67. The molecule has 21 heteroatoms. The van der Waals surface area contributed by atoms with Gasteiger partial charge in [-0.1, -0.05) is 46.8 Å². The molecule has 428 valence electrons. The second kappa shape index (κ2) is 22.1. The summed E-state index contributed by atoms with van der Waals surface area (Å²) in [5, 5.41) is 131. The zero-order valence-corrected chi connectivity index (χ0v) is 44.7. The van der Waals surface area contributed by atoms with E-state index in [1.165, 1.54) is 6.92 Å². The molecule has 21 nitrogen and oxygen atoms in total. The van der Waals surface area contributed by atoms with Gasteiger partial charge in [-0.25, -0.2) is 0 Å². The van der Waals surface area contributed by atoms with E-state index in [2.05, 4.69) is 34.6 Å². The molecule has 0 aromatic carbocycles. The van der Waals surface area contributed by atoms with Crippen molar-refractivity contribution in [3.8, 4) is 0 Å². The molecule has 0 aromatic rings. The predicted molar refractivity (Wildman–Crippen MR) is 259 cm³/mol. The summed E-state index contributed by atoms with van der Waals surface area (Å²) in [6, 6.07) is 0. The fourth-order valence-electron chi connectivity index (χ4n) is 15.6. The van der Waals surface area contributed by atoms with E-state index >= 15 is 0 Å². The number of aliphatic hydroxyl groups is 12. The highest BCUT2D eigenvalue weighted by Gasteiger charge is 2.70. The van der Waals surface area contributed by atoms with Gasteiger partial charge in [-0.05, 0) is 124 Å². The highest BCUT2D eigenvalue weighted by atomic mass is 16.8. The van der Waals surface area contributed by atoms with E-state index in [4.69, 9.17) is 42.6 Å². The molecule has 0 aromatic heterocycles. The molecular formula is C53H90O21. The Kier molecular flexibility index (Phi) is 17.6. The van der Waals surface area contributed by atoms with Crippen molar-refractivity contribution in [1.29, 1.82) is 0 Å². The van der Waals surface area contributed by atoms with Crippen LogP contribution in [-0.2, 0) is 42.6 Å². The van der Waals surface area contributed by atoms with E-state index in [-0.39, 0.29) is 59.6 Å². The Labute approximate surface area is 435 Å². The minimum Gasteiger partial charge on any atom is -0.394 e. The number of rotatable bonds is 15. The van der Waals surface area contributed by atoms with Crippen LogP contribution in [-0.4, -0.2) is 223 Å². The highest BCUT2D eigenvalue weighted by Crippen LogP contribution is 2.76. The van der Waals surface area contributed by atoms with Crippen molar-refractivity contribution in [2.24, 2.45) is 45.3 Å². The van der Waals surface area contributed by atoms with Crippen LogP contribution in [0, 0.1) is 45.3 Å². The fraction of sp³-hybridized carbons (Fsp3) is 0.962. The molecule has 0 bridgehead atoms. The maximum absolute atomic E-state index is 12.9. The molecule has 4 heterocycles. The summed E-state index contributed by atoms with van der Waals surface area (Å²) in [6.45, 7) is 15.5. The molecule has 27 atom stereocenters. The van der Waals surface area contributed by atoms with Crippen LogP contribution in [0.25, 0.3) is 0 Å². The topological polar surface area (TPSA) is 326 Å². The largest absolute Gasteiger partial charge is 0.394 e. The van der Waals surface area contributed by atoms with E-state index in [0.717, 1.165) is 44.9 Å². The number of methoxy groups -OCH3 is 1. The lowest BCUT2D eigenvalue weighted by Gasteiger charge is -2.70. The zero-order chi connectivity index (χ0) is 54.2. The van der Waals surface area contributed by atoms with E-state index in [1.807, 2.05) is 26.0 Å². The van der Waals surface area contributed by atoms with Crippen LogP contribution in [0.4, 0.5) is 0 Å². The number of fused-ring (bicyclic) bond motifs is 5. The van der Waals surface area contributed by atoms with Crippen molar-refractivity contribution < 1.29 is 104 Å². The Morgan fingerprint density at radius 1 is 0.608 bits per heavy atom. The Balaban J connectivity index is 1.04. The van der Waals surface area contributed by atoms with Crippen LogP contribution in [0.1, 0.15) is 113 Å². The van der Waals surface area contributed by atoms with Gasteiger partial charge >= 0.3 is 0 Å².